The lowest BCUT2D eigenvalue weighted by atomic mass is 9.95. The first kappa shape index (κ1) is 15.2. The second-order valence-corrected chi connectivity index (χ2v) is 5.55. The van der Waals surface area contributed by atoms with Crippen LogP contribution in [0.4, 0.5) is 0 Å². The van der Waals surface area contributed by atoms with Crippen LogP contribution < -0.4 is 9.47 Å². The van der Waals surface area contributed by atoms with Crippen molar-refractivity contribution in [2.24, 2.45) is 0 Å². The van der Waals surface area contributed by atoms with Crippen molar-refractivity contribution in [3.05, 3.63) is 22.8 Å². The van der Waals surface area contributed by atoms with E-state index >= 15 is 0 Å². The van der Waals surface area contributed by atoms with Crippen LogP contribution in [0.2, 0.25) is 0 Å². The Morgan fingerprint density at radius 1 is 1.35 bits per heavy atom. The molecule has 0 aliphatic carbocycles. The highest BCUT2D eigenvalue weighted by molar-refractivity contribution is 5.54. The third-order valence-corrected chi connectivity index (χ3v) is 3.91. The Balaban J connectivity index is 2.25. The summed E-state index contributed by atoms with van der Waals surface area (Å²) in [5.74, 6) is 1.89. The highest BCUT2D eigenvalue weighted by Crippen LogP contribution is 2.38. The summed E-state index contributed by atoms with van der Waals surface area (Å²) in [6.07, 6.45) is 4.71. The molecule has 0 amide bonds. The van der Waals surface area contributed by atoms with Gasteiger partial charge in [-0.15, -0.1) is 0 Å². The molecule has 3 heteroatoms. The number of hydrogen-bond donors (Lipinski definition) is 0. The van der Waals surface area contributed by atoms with Crippen molar-refractivity contribution < 1.29 is 14.2 Å². The third kappa shape index (κ3) is 3.26. The number of methoxy groups -OCH3 is 1. The van der Waals surface area contributed by atoms with Gasteiger partial charge in [0.2, 0.25) is 0 Å². The molecule has 1 aliphatic rings. The quantitative estimate of drug-likeness (QED) is 0.735. The van der Waals surface area contributed by atoms with Gasteiger partial charge in [-0.1, -0.05) is 19.8 Å². The summed E-state index contributed by atoms with van der Waals surface area (Å²) in [6, 6.07) is 2.14. The Bertz CT molecular complexity index is 454. The number of benzene rings is 1. The Labute approximate surface area is 122 Å². The monoisotopic (exact) mass is 278 g/mol. The average molecular weight is 278 g/mol. The molecule has 1 aromatic rings. The van der Waals surface area contributed by atoms with Crippen molar-refractivity contribution in [3.63, 3.8) is 0 Å². The molecule has 20 heavy (non-hydrogen) atoms. The molecule has 1 atom stereocenters. The molecule has 0 fully saturated rings. The van der Waals surface area contributed by atoms with Crippen molar-refractivity contribution in [2.45, 2.75) is 59.2 Å². The smallest absolute Gasteiger partial charge is 0.131 e. The molecule has 0 radical (unpaired) electrons. The first-order valence-corrected chi connectivity index (χ1v) is 7.61. The van der Waals surface area contributed by atoms with Crippen LogP contribution in [-0.4, -0.2) is 19.8 Å². The molecule has 112 valence electrons. The molecule has 0 N–H and O–H groups in total. The van der Waals surface area contributed by atoms with Crippen molar-refractivity contribution in [3.8, 4) is 11.5 Å². The summed E-state index contributed by atoms with van der Waals surface area (Å²) in [7, 11) is 1.72. The molecule has 2 rings (SSSR count). The van der Waals surface area contributed by atoms with E-state index in [1.807, 2.05) is 0 Å². The van der Waals surface area contributed by atoms with Gasteiger partial charge in [0.25, 0.3) is 0 Å². The van der Waals surface area contributed by atoms with Gasteiger partial charge in [-0.05, 0) is 38.3 Å². The maximum atomic E-state index is 6.06. The van der Waals surface area contributed by atoms with Crippen LogP contribution in [0.15, 0.2) is 6.07 Å². The van der Waals surface area contributed by atoms with Crippen molar-refractivity contribution in [1.29, 1.82) is 0 Å². The highest BCUT2D eigenvalue weighted by Gasteiger charge is 2.23. The fraction of sp³-hybridized carbons (Fsp3) is 0.647. The van der Waals surface area contributed by atoms with E-state index < -0.39 is 0 Å². The summed E-state index contributed by atoms with van der Waals surface area (Å²) in [5, 5.41) is 0. The van der Waals surface area contributed by atoms with E-state index in [1.54, 1.807) is 7.11 Å². The summed E-state index contributed by atoms with van der Waals surface area (Å²) in [5.41, 5.74) is 3.59. The SMILES string of the molecule is CCCCCOc1c(C)c(OC)cc2c1COC(C)C2. The number of fused-ring (bicyclic) bond motifs is 1. The molecule has 1 aromatic carbocycles. The summed E-state index contributed by atoms with van der Waals surface area (Å²) in [6.45, 7) is 7.78. The molecule has 1 heterocycles. The Morgan fingerprint density at radius 3 is 2.85 bits per heavy atom. The van der Waals surface area contributed by atoms with E-state index in [0.717, 1.165) is 36.5 Å². The average Bonchev–Trinajstić information content (AvgIpc) is 2.45. The van der Waals surface area contributed by atoms with Crippen molar-refractivity contribution in [1.82, 2.24) is 0 Å². The van der Waals surface area contributed by atoms with Crippen LogP contribution in [0.3, 0.4) is 0 Å². The predicted octanol–water partition coefficient (Wildman–Crippen LogP) is 4.03. The van der Waals surface area contributed by atoms with Crippen LogP contribution in [0.25, 0.3) is 0 Å². The molecule has 0 aromatic heterocycles. The lowest BCUT2D eigenvalue weighted by Crippen LogP contribution is -2.20. The van der Waals surface area contributed by atoms with E-state index in [4.69, 9.17) is 14.2 Å². The van der Waals surface area contributed by atoms with E-state index in [9.17, 15) is 0 Å². The Hall–Kier alpha value is -1.22. The number of rotatable bonds is 6. The zero-order valence-electron chi connectivity index (χ0n) is 13.1. The molecular formula is C17H26O3. The van der Waals surface area contributed by atoms with Crippen molar-refractivity contribution in [2.75, 3.05) is 13.7 Å². The summed E-state index contributed by atoms with van der Waals surface area (Å²) >= 11 is 0. The molecule has 0 saturated carbocycles. The van der Waals surface area contributed by atoms with Crippen molar-refractivity contribution >= 4 is 0 Å². The zero-order chi connectivity index (χ0) is 14.5. The maximum absolute atomic E-state index is 6.06. The van der Waals surface area contributed by atoms with E-state index in [1.165, 1.54) is 24.0 Å². The Morgan fingerprint density at radius 2 is 2.15 bits per heavy atom. The summed E-state index contributed by atoms with van der Waals surface area (Å²) < 4.78 is 17.3. The van der Waals surface area contributed by atoms with Gasteiger partial charge in [0.05, 0.1) is 26.4 Å². The van der Waals surface area contributed by atoms with Gasteiger partial charge in [-0.3, -0.25) is 0 Å². The largest absolute Gasteiger partial charge is 0.496 e. The second-order valence-electron chi connectivity index (χ2n) is 5.55. The third-order valence-electron chi connectivity index (χ3n) is 3.91. The molecule has 0 bridgehead atoms. The summed E-state index contributed by atoms with van der Waals surface area (Å²) in [4.78, 5) is 0. The fourth-order valence-corrected chi connectivity index (χ4v) is 2.71. The first-order valence-electron chi connectivity index (χ1n) is 7.61. The Kier molecular flexibility index (Phi) is 5.30. The van der Waals surface area contributed by atoms with Gasteiger partial charge < -0.3 is 14.2 Å². The lowest BCUT2D eigenvalue weighted by Gasteiger charge is -2.26. The highest BCUT2D eigenvalue weighted by atomic mass is 16.5. The molecule has 3 nitrogen and oxygen atoms in total. The molecular weight excluding hydrogens is 252 g/mol. The topological polar surface area (TPSA) is 27.7 Å². The minimum Gasteiger partial charge on any atom is -0.496 e. The van der Waals surface area contributed by atoms with Crippen LogP contribution in [0, 0.1) is 6.92 Å². The second kappa shape index (κ2) is 6.98. The number of hydrogen-bond acceptors (Lipinski definition) is 3. The maximum Gasteiger partial charge on any atom is 0.131 e. The van der Waals surface area contributed by atoms with E-state index in [-0.39, 0.29) is 6.10 Å². The normalized spacial score (nSPS) is 17.7. The van der Waals surface area contributed by atoms with Crippen LogP contribution in [0.5, 0.6) is 11.5 Å². The van der Waals surface area contributed by atoms with Gasteiger partial charge in [-0.25, -0.2) is 0 Å². The fourth-order valence-electron chi connectivity index (χ4n) is 2.71. The predicted molar refractivity (Wildman–Crippen MR) is 80.7 cm³/mol. The minimum atomic E-state index is 0.267. The molecule has 0 spiro atoms. The minimum absolute atomic E-state index is 0.267. The first-order chi connectivity index (χ1) is 9.67. The van der Waals surface area contributed by atoms with Crippen LogP contribution >= 0.6 is 0 Å². The van der Waals surface area contributed by atoms with E-state index in [2.05, 4.69) is 26.8 Å². The van der Waals surface area contributed by atoms with E-state index in [0.29, 0.717) is 6.61 Å². The van der Waals surface area contributed by atoms with Gasteiger partial charge in [0, 0.05) is 11.1 Å². The van der Waals surface area contributed by atoms with Crippen LogP contribution in [0.1, 0.15) is 49.8 Å². The molecule has 1 aliphatic heterocycles. The lowest BCUT2D eigenvalue weighted by molar-refractivity contribution is 0.0390. The standard InChI is InChI=1S/C17H26O3/c1-5-6-7-8-19-17-13(3)16(18-4)10-14-9-12(2)20-11-15(14)17/h10,12H,5-9,11H2,1-4H3. The number of ether oxygens (including phenoxy) is 3. The van der Waals surface area contributed by atoms with Gasteiger partial charge >= 0.3 is 0 Å². The van der Waals surface area contributed by atoms with Gasteiger partial charge in [-0.2, -0.15) is 0 Å². The molecule has 0 saturated heterocycles. The van der Waals surface area contributed by atoms with Gasteiger partial charge in [0.1, 0.15) is 11.5 Å². The van der Waals surface area contributed by atoms with Gasteiger partial charge in [0.15, 0.2) is 0 Å². The zero-order valence-corrected chi connectivity index (χ0v) is 13.1. The van der Waals surface area contributed by atoms with Crippen LogP contribution in [-0.2, 0) is 17.8 Å². The number of unbranched alkanes of at least 4 members (excludes halogenated alkanes) is 2. The molecule has 1 unspecified atom stereocenters.